The molecule has 4 aromatic carbocycles. The largest absolute Gasteiger partial charge is 0.355 e. The molecule has 0 radical (unpaired) electrons. The molecule has 0 aromatic heterocycles. The van der Waals surface area contributed by atoms with Crippen LogP contribution in [0, 0.1) is 47.3 Å². The molecule has 7 saturated carbocycles. The molecule has 4 aromatic rings. The first kappa shape index (κ1) is 41.7. The summed E-state index contributed by atoms with van der Waals surface area (Å²) in [5.74, 6) is 8.93. The van der Waals surface area contributed by atoms with Crippen molar-refractivity contribution in [2.75, 3.05) is 5.32 Å². The van der Waals surface area contributed by atoms with Crippen LogP contribution in [-0.2, 0) is 21.7 Å². The molecule has 7 fully saturated rings. The van der Waals surface area contributed by atoms with Crippen LogP contribution in [0.4, 0.5) is 11.4 Å². The van der Waals surface area contributed by atoms with Crippen LogP contribution in [0.1, 0.15) is 193 Å². The summed E-state index contributed by atoms with van der Waals surface area (Å²) in [5, 5.41) is 4.23. The second-order valence-electron chi connectivity index (χ2n) is 26.1. The minimum atomic E-state index is 0.0458. The first-order valence-corrected chi connectivity index (χ1v) is 25.0. The molecule has 1 heteroatoms. The molecule has 7 aliphatic carbocycles. The fourth-order valence-corrected chi connectivity index (χ4v) is 14.5. The van der Waals surface area contributed by atoms with Crippen molar-refractivity contribution >= 4 is 11.4 Å². The molecule has 5 unspecified atom stereocenters. The number of fused-ring (bicyclic) bond motifs is 3. The van der Waals surface area contributed by atoms with Gasteiger partial charge in [0.1, 0.15) is 0 Å². The highest BCUT2D eigenvalue weighted by Gasteiger charge is 2.53. The SMILES string of the molecule is CC(C)(C)c1cc(-c2cc(Nc3cc(C4C5CC6CC(C5)CC4C6)cc(C4C5CCC6CCC5CC64)c3)cc(-c3cc(C(C)(C)C)cc(C(C)(C)C)c3)c2)cc(C(C)(C)C)c1. The smallest absolute Gasteiger partial charge is 0.0396 e. The summed E-state index contributed by atoms with van der Waals surface area (Å²) in [6.07, 6.45) is 14.8. The molecular formula is C60H79N. The highest BCUT2D eigenvalue weighted by Crippen LogP contribution is 2.64. The molecular weight excluding hydrogens is 735 g/mol. The van der Waals surface area contributed by atoms with Gasteiger partial charge >= 0.3 is 0 Å². The van der Waals surface area contributed by atoms with Crippen molar-refractivity contribution in [3.05, 3.63) is 106 Å². The van der Waals surface area contributed by atoms with E-state index in [4.69, 9.17) is 0 Å². The van der Waals surface area contributed by atoms with Crippen molar-refractivity contribution in [1.29, 1.82) is 0 Å². The lowest BCUT2D eigenvalue weighted by molar-refractivity contribution is -0.00280. The van der Waals surface area contributed by atoms with Crippen LogP contribution >= 0.6 is 0 Å². The fraction of sp³-hybridized carbons (Fsp3) is 0.600. The predicted molar refractivity (Wildman–Crippen MR) is 261 cm³/mol. The van der Waals surface area contributed by atoms with Gasteiger partial charge in [0.15, 0.2) is 0 Å². The third-order valence-electron chi connectivity index (χ3n) is 17.7. The molecule has 324 valence electrons. The molecule has 61 heavy (non-hydrogen) atoms. The molecule has 0 spiro atoms. The Labute approximate surface area is 371 Å². The number of benzene rings is 4. The Morgan fingerprint density at radius 1 is 0.344 bits per heavy atom. The summed E-state index contributed by atoms with van der Waals surface area (Å²) < 4.78 is 0. The summed E-state index contributed by atoms with van der Waals surface area (Å²) in [6.45, 7) is 28.4. The van der Waals surface area contributed by atoms with Gasteiger partial charge in [0.2, 0.25) is 0 Å². The van der Waals surface area contributed by atoms with Gasteiger partial charge in [-0.25, -0.2) is 0 Å². The van der Waals surface area contributed by atoms with Gasteiger partial charge in [0.25, 0.3) is 0 Å². The Morgan fingerprint density at radius 3 is 1.23 bits per heavy atom. The van der Waals surface area contributed by atoms with Crippen LogP contribution in [0.5, 0.6) is 0 Å². The lowest BCUT2D eigenvalue weighted by Gasteiger charge is -2.54. The van der Waals surface area contributed by atoms with Gasteiger partial charge in [-0.3, -0.25) is 0 Å². The summed E-state index contributed by atoms with van der Waals surface area (Å²) in [5.41, 5.74) is 17.0. The number of anilines is 2. The zero-order valence-corrected chi connectivity index (χ0v) is 40.3. The predicted octanol–water partition coefficient (Wildman–Crippen LogP) is 17.0. The van der Waals surface area contributed by atoms with Gasteiger partial charge in [-0.1, -0.05) is 126 Å². The monoisotopic (exact) mass is 814 g/mol. The highest BCUT2D eigenvalue weighted by atomic mass is 14.9. The molecule has 7 bridgehead atoms. The molecule has 11 rings (SSSR count). The lowest BCUT2D eigenvalue weighted by atomic mass is 9.50. The third kappa shape index (κ3) is 7.88. The van der Waals surface area contributed by atoms with E-state index in [0.717, 1.165) is 59.2 Å². The van der Waals surface area contributed by atoms with Gasteiger partial charge in [0.05, 0.1) is 0 Å². The number of nitrogens with one attached hydrogen (secondary N) is 1. The van der Waals surface area contributed by atoms with E-state index in [1.54, 1.807) is 11.1 Å². The Balaban J connectivity index is 1.14. The number of rotatable bonds is 6. The van der Waals surface area contributed by atoms with E-state index in [1.165, 1.54) is 120 Å². The van der Waals surface area contributed by atoms with Gasteiger partial charge in [-0.15, -0.1) is 0 Å². The van der Waals surface area contributed by atoms with Crippen molar-refractivity contribution in [1.82, 2.24) is 0 Å². The summed E-state index contributed by atoms with van der Waals surface area (Å²) in [4.78, 5) is 0. The molecule has 0 saturated heterocycles. The Hall–Kier alpha value is -3.32. The Bertz CT molecular complexity index is 2110. The number of hydrogen-bond donors (Lipinski definition) is 1. The average molecular weight is 814 g/mol. The van der Waals surface area contributed by atoms with Crippen LogP contribution in [-0.4, -0.2) is 0 Å². The van der Waals surface area contributed by atoms with Crippen molar-refractivity contribution < 1.29 is 0 Å². The molecule has 0 amide bonds. The van der Waals surface area contributed by atoms with E-state index >= 15 is 0 Å². The molecule has 0 heterocycles. The molecule has 1 N–H and O–H groups in total. The van der Waals surface area contributed by atoms with Crippen molar-refractivity contribution in [2.45, 2.75) is 181 Å². The standard InChI is InChI=1S/C60H79N/c1-57(2,3)47-24-41(25-48(33-47)58(4,5)6)39-22-40(42-26-49(59(7,8)9)34-50(27-42)60(10,11)12)29-51(28-39)61-52-30-45(55-43-18-35-17-36(20-43)21-44(55)19-35)23-46(31-52)56-53-16-15-37-13-14-38(53)32-54(37)56/h22-31,33-38,43-44,53-56,61H,13-21,32H2,1-12H3. The normalized spacial score (nSPS) is 30.6. The fourth-order valence-electron chi connectivity index (χ4n) is 14.5. The first-order valence-electron chi connectivity index (χ1n) is 25.0. The molecule has 5 atom stereocenters. The zero-order valence-electron chi connectivity index (χ0n) is 40.3. The van der Waals surface area contributed by atoms with E-state index in [9.17, 15) is 0 Å². The molecule has 0 aliphatic heterocycles. The first-order chi connectivity index (χ1) is 28.6. The molecule has 1 nitrogen and oxygen atoms in total. The second kappa shape index (κ2) is 14.6. The van der Waals surface area contributed by atoms with Gasteiger partial charge in [0, 0.05) is 11.4 Å². The summed E-state index contributed by atoms with van der Waals surface area (Å²) in [7, 11) is 0. The van der Waals surface area contributed by atoms with E-state index in [2.05, 4.69) is 161 Å². The van der Waals surface area contributed by atoms with Crippen molar-refractivity contribution in [2.24, 2.45) is 47.3 Å². The van der Waals surface area contributed by atoms with Crippen molar-refractivity contribution in [3.63, 3.8) is 0 Å². The Kier molecular flexibility index (Phi) is 9.98. The van der Waals surface area contributed by atoms with Crippen LogP contribution < -0.4 is 5.32 Å². The maximum Gasteiger partial charge on any atom is 0.0396 e. The topological polar surface area (TPSA) is 12.0 Å². The van der Waals surface area contributed by atoms with Crippen molar-refractivity contribution in [3.8, 4) is 22.3 Å². The maximum atomic E-state index is 4.23. The van der Waals surface area contributed by atoms with E-state index in [0.29, 0.717) is 0 Å². The van der Waals surface area contributed by atoms with Crippen LogP contribution in [0.15, 0.2) is 72.8 Å². The van der Waals surface area contributed by atoms with Crippen LogP contribution in [0.2, 0.25) is 0 Å². The second-order valence-corrected chi connectivity index (χ2v) is 26.1. The van der Waals surface area contributed by atoms with E-state index in [-0.39, 0.29) is 21.7 Å². The van der Waals surface area contributed by atoms with E-state index < -0.39 is 0 Å². The third-order valence-corrected chi connectivity index (χ3v) is 17.7. The van der Waals surface area contributed by atoms with Crippen LogP contribution in [0.3, 0.4) is 0 Å². The summed E-state index contributed by atoms with van der Waals surface area (Å²) in [6, 6.07) is 30.5. The van der Waals surface area contributed by atoms with Crippen LogP contribution in [0.25, 0.3) is 22.3 Å². The van der Waals surface area contributed by atoms with Gasteiger partial charge < -0.3 is 5.32 Å². The Morgan fingerprint density at radius 2 is 0.754 bits per heavy atom. The lowest BCUT2D eigenvalue weighted by Crippen LogP contribution is -2.43. The highest BCUT2D eigenvalue weighted by molar-refractivity contribution is 5.81. The van der Waals surface area contributed by atoms with E-state index in [1.807, 2.05) is 0 Å². The quantitative estimate of drug-likeness (QED) is 0.204. The maximum absolute atomic E-state index is 4.23. The summed E-state index contributed by atoms with van der Waals surface area (Å²) >= 11 is 0. The minimum absolute atomic E-state index is 0.0458. The molecule has 7 aliphatic rings. The zero-order chi connectivity index (χ0) is 43.0. The van der Waals surface area contributed by atoms with Gasteiger partial charge in [-0.05, 0) is 231 Å². The van der Waals surface area contributed by atoms with Gasteiger partial charge in [-0.2, -0.15) is 0 Å². The minimum Gasteiger partial charge on any atom is -0.355 e. The average Bonchev–Trinajstić information content (AvgIpc) is 3.27. The number of hydrogen-bond acceptors (Lipinski definition) is 1.